The van der Waals surface area contributed by atoms with Gasteiger partial charge in [0.05, 0.1) is 17.4 Å². The number of aromatic amines is 1. The number of benzene rings is 1. The zero-order chi connectivity index (χ0) is 6.10. The molecule has 0 saturated carbocycles. The van der Waals surface area contributed by atoms with Crippen molar-refractivity contribution in [3.05, 3.63) is 30.6 Å². The van der Waals surface area contributed by atoms with Gasteiger partial charge in [0.2, 0.25) is 0 Å². The first-order valence-corrected chi connectivity index (χ1v) is 2.85. The summed E-state index contributed by atoms with van der Waals surface area (Å²) in [6.07, 6.45) is 1.70. The largest absolute Gasteiger partial charge is 0.345 e. The summed E-state index contributed by atoms with van der Waals surface area (Å²) >= 11 is 0. The average Bonchev–Trinajstić information content (AvgIpc) is 2.33. The molecule has 1 aromatic carbocycles. The molecule has 0 atom stereocenters. The van der Waals surface area contributed by atoms with Crippen LogP contribution in [-0.2, 0) is 22.4 Å². The van der Waals surface area contributed by atoms with E-state index in [4.69, 9.17) is 0 Å². The van der Waals surface area contributed by atoms with Crippen molar-refractivity contribution in [3.63, 3.8) is 0 Å². The van der Waals surface area contributed by atoms with Crippen molar-refractivity contribution in [1.29, 1.82) is 0 Å². The Morgan fingerprint density at radius 3 is 2.80 bits per heavy atom. The normalized spacial score (nSPS) is 9.20. The van der Waals surface area contributed by atoms with Gasteiger partial charge < -0.3 is 4.98 Å². The fourth-order valence-electron chi connectivity index (χ4n) is 0.880. The molecule has 0 aliphatic carbocycles. The van der Waals surface area contributed by atoms with Crippen LogP contribution in [0.15, 0.2) is 30.6 Å². The van der Waals surface area contributed by atoms with E-state index < -0.39 is 0 Å². The molecule has 0 aliphatic heterocycles. The molecule has 1 N–H and O–H groups in total. The van der Waals surface area contributed by atoms with Crippen LogP contribution in [-0.4, -0.2) is 9.97 Å². The molecule has 1 radical (unpaired) electrons. The van der Waals surface area contributed by atoms with Crippen LogP contribution in [0.1, 0.15) is 0 Å². The average molecular weight is 315 g/mol. The van der Waals surface area contributed by atoms with E-state index >= 15 is 0 Å². The summed E-state index contributed by atoms with van der Waals surface area (Å²) in [6, 6.07) is 7.94. The van der Waals surface area contributed by atoms with Gasteiger partial charge in [-0.3, -0.25) is 0 Å². The molecule has 1 heterocycles. The molecule has 0 aliphatic rings. The van der Waals surface area contributed by atoms with Crippen LogP contribution >= 0.6 is 0 Å². The van der Waals surface area contributed by atoms with Crippen molar-refractivity contribution in [3.8, 4) is 0 Å². The molecule has 0 bridgehead atoms. The summed E-state index contributed by atoms with van der Waals surface area (Å²) in [4.78, 5) is 7.07. The Morgan fingerprint density at radius 1 is 1.20 bits per heavy atom. The summed E-state index contributed by atoms with van der Waals surface area (Å²) in [6.45, 7) is 0. The first-order valence-electron chi connectivity index (χ1n) is 2.85. The van der Waals surface area contributed by atoms with Crippen molar-refractivity contribution in [1.82, 2.24) is 9.97 Å². The molecule has 2 nitrogen and oxygen atoms in total. The van der Waals surface area contributed by atoms with Crippen LogP contribution in [0.25, 0.3) is 11.0 Å². The van der Waals surface area contributed by atoms with E-state index in [2.05, 4.69) is 9.97 Å². The Labute approximate surface area is 74.2 Å². The molecule has 0 spiro atoms. The third-order valence-electron chi connectivity index (χ3n) is 1.33. The Morgan fingerprint density at radius 2 is 2.00 bits per heavy atom. The van der Waals surface area contributed by atoms with E-state index in [-0.39, 0.29) is 22.4 Å². The van der Waals surface area contributed by atoms with Crippen LogP contribution in [0.4, 0.5) is 0 Å². The number of nitrogens with one attached hydrogen (secondary N) is 1. The van der Waals surface area contributed by atoms with Crippen molar-refractivity contribution in [2.24, 2.45) is 0 Å². The molecule has 10 heavy (non-hydrogen) atoms. The van der Waals surface area contributed by atoms with Crippen molar-refractivity contribution >= 4 is 11.0 Å². The van der Waals surface area contributed by atoms with Gasteiger partial charge in [-0.15, -0.1) is 0 Å². The number of hydrogen-bond acceptors (Lipinski definition) is 1. The Kier molecular flexibility index (Phi) is 2.27. The zero-order valence-corrected chi connectivity index (χ0v) is 7.30. The minimum atomic E-state index is 0. The van der Waals surface area contributed by atoms with E-state index in [1.54, 1.807) is 6.33 Å². The molecule has 3 heteroatoms. The molecule has 2 rings (SSSR count). The second kappa shape index (κ2) is 3.01. The van der Waals surface area contributed by atoms with Gasteiger partial charge in [0.15, 0.2) is 0 Å². The first-order chi connectivity index (χ1) is 4.47. The summed E-state index contributed by atoms with van der Waals surface area (Å²) in [5.41, 5.74) is 2.12. The summed E-state index contributed by atoms with van der Waals surface area (Å²) < 4.78 is 0. The van der Waals surface area contributed by atoms with Crippen LogP contribution < -0.4 is 0 Å². The van der Waals surface area contributed by atoms with Crippen LogP contribution in [0.2, 0.25) is 0 Å². The third-order valence-corrected chi connectivity index (χ3v) is 1.33. The number of aromatic nitrogens is 2. The Balaban J connectivity index is 0.000000500. The smallest absolute Gasteiger partial charge is 0.0931 e. The molecule has 2 aromatic rings. The number of hydrogen-bond donors (Lipinski definition) is 1. The SMILES string of the molecule is [Au].c1ccc2[nH]cnc2c1. The van der Waals surface area contributed by atoms with Crippen molar-refractivity contribution in [2.45, 2.75) is 0 Å². The van der Waals surface area contributed by atoms with Gasteiger partial charge in [0.1, 0.15) is 0 Å². The van der Waals surface area contributed by atoms with Crippen molar-refractivity contribution < 1.29 is 22.4 Å². The topological polar surface area (TPSA) is 28.7 Å². The maximum atomic E-state index is 4.06. The van der Waals surface area contributed by atoms with Gasteiger partial charge in [-0.05, 0) is 12.1 Å². The molecular weight excluding hydrogens is 309 g/mol. The van der Waals surface area contributed by atoms with E-state index in [1.807, 2.05) is 24.3 Å². The molecular formula is C7H6AuN2. The van der Waals surface area contributed by atoms with Crippen LogP contribution in [0.5, 0.6) is 0 Å². The predicted molar refractivity (Wildman–Crippen MR) is 36.1 cm³/mol. The molecule has 0 amide bonds. The number of rotatable bonds is 0. The van der Waals surface area contributed by atoms with Gasteiger partial charge in [-0.2, -0.15) is 0 Å². The van der Waals surface area contributed by atoms with Crippen LogP contribution in [0, 0.1) is 0 Å². The van der Waals surface area contributed by atoms with Gasteiger partial charge in [0.25, 0.3) is 0 Å². The van der Waals surface area contributed by atoms with Gasteiger partial charge in [0, 0.05) is 22.4 Å². The molecule has 55 valence electrons. The molecule has 0 unspecified atom stereocenters. The van der Waals surface area contributed by atoms with E-state index in [0.717, 1.165) is 11.0 Å². The summed E-state index contributed by atoms with van der Waals surface area (Å²) in [5.74, 6) is 0. The van der Waals surface area contributed by atoms with Gasteiger partial charge >= 0.3 is 0 Å². The fraction of sp³-hybridized carbons (Fsp3) is 0. The summed E-state index contributed by atoms with van der Waals surface area (Å²) in [7, 11) is 0. The minimum absolute atomic E-state index is 0. The van der Waals surface area contributed by atoms with Gasteiger partial charge in [-0.25, -0.2) is 4.98 Å². The molecule has 0 fully saturated rings. The Bertz CT molecular complexity index is 286. The number of fused-ring (bicyclic) bond motifs is 1. The van der Waals surface area contributed by atoms with E-state index in [0.29, 0.717) is 0 Å². The second-order valence-corrected chi connectivity index (χ2v) is 1.92. The maximum Gasteiger partial charge on any atom is 0.0931 e. The van der Waals surface area contributed by atoms with E-state index in [1.165, 1.54) is 0 Å². The van der Waals surface area contributed by atoms with Crippen LogP contribution in [0.3, 0.4) is 0 Å². The summed E-state index contributed by atoms with van der Waals surface area (Å²) in [5, 5.41) is 0. The third kappa shape index (κ3) is 1.14. The molecule has 1 aromatic heterocycles. The van der Waals surface area contributed by atoms with Gasteiger partial charge in [-0.1, -0.05) is 12.1 Å². The second-order valence-electron chi connectivity index (χ2n) is 1.92. The fourth-order valence-corrected chi connectivity index (χ4v) is 0.880. The standard InChI is InChI=1S/C7H6N2.Au/c1-2-4-7-6(3-1)8-5-9-7;/h1-5H,(H,8,9);. The quantitative estimate of drug-likeness (QED) is 0.735. The first kappa shape index (κ1) is 7.54. The number of imidazole rings is 1. The maximum absolute atomic E-state index is 4.06. The number of H-pyrrole nitrogens is 1. The number of para-hydroxylation sites is 2. The minimum Gasteiger partial charge on any atom is -0.345 e. The van der Waals surface area contributed by atoms with E-state index in [9.17, 15) is 0 Å². The zero-order valence-electron chi connectivity index (χ0n) is 5.14. The Hall–Kier alpha value is -0.570. The predicted octanol–water partition coefficient (Wildman–Crippen LogP) is 1.56. The number of nitrogens with zero attached hydrogens (tertiary/aromatic N) is 1. The van der Waals surface area contributed by atoms with Crippen molar-refractivity contribution in [2.75, 3.05) is 0 Å². The molecule has 0 saturated heterocycles. The monoisotopic (exact) mass is 315 g/mol.